The highest BCUT2D eigenvalue weighted by Crippen LogP contribution is 2.21. The summed E-state index contributed by atoms with van der Waals surface area (Å²) in [6, 6.07) is 4.07. The SMILES string of the molecule is COc1ccc(CC(N)C2=CCCCC2)cn1. The van der Waals surface area contributed by atoms with Crippen LogP contribution in [0.3, 0.4) is 0 Å². The summed E-state index contributed by atoms with van der Waals surface area (Å²) in [7, 11) is 1.63. The average Bonchev–Trinajstić information content (AvgIpc) is 2.40. The third-order valence-electron chi connectivity index (χ3n) is 3.26. The number of pyridine rings is 1. The van der Waals surface area contributed by atoms with Gasteiger partial charge in [-0.2, -0.15) is 0 Å². The molecule has 0 amide bonds. The summed E-state index contributed by atoms with van der Waals surface area (Å²) in [6.07, 6.45) is 9.95. The first-order valence-electron chi connectivity index (χ1n) is 6.23. The van der Waals surface area contributed by atoms with E-state index in [1.807, 2.05) is 18.3 Å². The Morgan fingerprint density at radius 2 is 2.29 bits per heavy atom. The molecule has 1 aromatic heterocycles. The number of nitrogens with two attached hydrogens (primary N) is 1. The first kappa shape index (κ1) is 12.1. The third-order valence-corrected chi connectivity index (χ3v) is 3.26. The fraction of sp³-hybridized carbons (Fsp3) is 0.500. The molecule has 0 aromatic carbocycles. The molecule has 1 heterocycles. The van der Waals surface area contributed by atoms with Crippen LogP contribution in [0.15, 0.2) is 30.0 Å². The van der Waals surface area contributed by atoms with Crippen molar-refractivity contribution in [3.8, 4) is 5.88 Å². The van der Waals surface area contributed by atoms with Crippen LogP contribution in [-0.2, 0) is 6.42 Å². The Hall–Kier alpha value is -1.35. The Kier molecular flexibility index (Phi) is 4.15. The van der Waals surface area contributed by atoms with Crippen LogP contribution >= 0.6 is 0 Å². The van der Waals surface area contributed by atoms with Gasteiger partial charge in [-0.1, -0.05) is 17.7 Å². The molecule has 2 rings (SSSR count). The van der Waals surface area contributed by atoms with E-state index >= 15 is 0 Å². The van der Waals surface area contributed by atoms with E-state index in [-0.39, 0.29) is 6.04 Å². The fourth-order valence-electron chi connectivity index (χ4n) is 2.24. The summed E-state index contributed by atoms with van der Waals surface area (Å²) in [5.41, 5.74) is 8.80. The zero-order valence-electron chi connectivity index (χ0n) is 10.4. The lowest BCUT2D eigenvalue weighted by Gasteiger charge is -2.19. The molecule has 92 valence electrons. The van der Waals surface area contributed by atoms with E-state index in [1.165, 1.54) is 30.4 Å². The maximum Gasteiger partial charge on any atom is 0.212 e. The minimum atomic E-state index is 0.144. The maximum absolute atomic E-state index is 6.22. The topological polar surface area (TPSA) is 48.1 Å². The van der Waals surface area contributed by atoms with Crippen molar-refractivity contribution in [1.82, 2.24) is 4.98 Å². The van der Waals surface area contributed by atoms with E-state index in [2.05, 4.69) is 11.1 Å². The van der Waals surface area contributed by atoms with Crippen molar-refractivity contribution in [2.75, 3.05) is 7.11 Å². The molecule has 0 saturated carbocycles. The van der Waals surface area contributed by atoms with Gasteiger partial charge >= 0.3 is 0 Å². The predicted octanol–water partition coefficient (Wildman–Crippen LogP) is 2.46. The lowest BCUT2D eigenvalue weighted by Crippen LogP contribution is -2.26. The molecule has 1 aromatic rings. The van der Waals surface area contributed by atoms with Crippen LogP contribution in [0, 0.1) is 0 Å². The Bertz CT molecular complexity index is 384. The van der Waals surface area contributed by atoms with Crippen LogP contribution in [0.25, 0.3) is 0 Å². The second-order valence-corrected chi connectivity index (χ2v) is 4.54. The highest BCUT2D eigenvalue weighted by molar-refractivity contribution is 5.22. The molecular weight excluding hydrogens is 212 g/mol. The molecule has 1 atom stereocenters. The van der Waals surface area contributed by atoms with Crippen LogP contribution in [-0.4, -0.2) is 18.1 Å². The number of allylic oxidation sites excluding steroid dienone is 1. The highest BCUT2D eigenvalue weighted by atomic mass is 16.5. The lowest BCUT2D eigenvalue weighted by molar-refractivity contribution is 0.397. The molecule has 0 aliphatic heterocycles. The van der Waals surface area contributed by atoms with Gasteiger partial charge in [0.15, 0.2) is 0 Å². The van der Waals surface area contributed by atoms with Crippen molar-refractivity contribution in [3.63, 3.8) is 0 Å². The largest absolute Gasteiger partial charge is 0.481 e. The van der Waals surface area contributed by atoms with E-state index in [0.717, 1.165) is 12.8 Å². The molecule has 17 heavy (non-hydrogen) atoms. The minimum Gasteiger partial charge on any atom is -0.481 e. The van der Waals surface area contributed by atoms with Gasteiger partial charge in [-0.05, 0) is 37.7 Å². The molecule has 1 unspecified atom stereocenters. The fourth-order valence-corrected chi connectivity index (χ4v) is 2.24. The number of aromatic nitrogens is 1. The Labute approximate surface area is 103 Å². The molecular formula is C14H20N2O. The van der Waals surface area contributed by atoms with Gasteiger partial charge < -0.3 is 10.5 Å². The summed E-state index contributed by atoms with van der Waals surface area (Å²) in [5, 5.41) is 0. The smallest absolute Gasteiger partial charge is 0.212 e. The van der Waals surface area contributed by atoms with E-state index in [0.29, 0.717) is 5.88 Å². The van der Waals surface area contributed by atoms with Crippen LogP contribution in [0.4, 0.5) is 0 Å². The van der Waals surface area contributed by atoms with Gasteiger partial charge in [0.05, 0.1) is 7.11 Å². The molecule has 3 heteroatoms. The van der Waals surface area contributed by atoms with Crippen LogP contribution in [0.1, 0.15) is 31.2 Å². The van der Waals surface area contributed by atoms with Crippen molar-refractivity contribution in [3.05, 3.63) is 35.5 Å². The normalized spacial score (nSPS) is 17.4. The highest BCUT2D eigenvalue weighted by Gasteiger charge is 2.12. The number of rotatable bonds is 4. The van der Waals surface area contributed by atoms with E-state index in [4.69, 9.17) is 10.5 Å². The second kappa shape index (κ2) is 5.82. The first-order valence-corrected chi connectivity index (χ1v) is 6.23. The first-order chi connectivity index (χ1) is 8.29. The summed E-state index contributed by atoms with van der Waals surface area (Å²) in [4.78, 5) is 4.20. The molecule has 0 fully saturated rings. The summed E-state index contributed by atoms with van der Waals surface area (Å²) < 4.78 is 5.04. The molecule has 0 saturated heterocycles. The van der Waals surface area contributed by atoms with Crippen molar-refractivity contribution in [2.45, 2.75) is 38.1 Å². The Morgan fingerprint density at radius 3 is 2.88 bits per heavy atom. The molecule has 0 radical (unpaired) electrons. The summed E-state index contributed by atoms with van der Waals surface area (Å²) in [6.45, 7) is 0. The summed E-state index contributed by atoms with van der Waals surface area (Å²) in [5.74, 6) is 0.652. The Morgan fingerprint density at radius 1 is 1.41 bits per heavy atom. The monoisotopic (exact) mass is 232 g/mol. The lowest BCUT2D eigenvalue weighted by atomic mass is 9.91. The van der Waals surface area contributed by atoms with E-state index in [9.17, 15) is 0 Å². The number of ether oxygens (including phenoxy) is 1. The predicted molar refractivity (Wildman–Crippen MR) is 69.0 cm³/mol. The number of nitrogens with zero attached hydrogens (tertiary/aromatic N) is 1. The van der Waals surface area contributed by atoms with Crippen molar-refractivity contribution < 1.29 is 4.74 Å². The van der Waals surface area contributed by atoms with E-state index in [1.54, 1.807) is 7.11 Å². The number of methoxy groups -OCH3 is 1. The zero-order chi connectivity index (χ0) is 12.1. The van der Waals surface area contributed by atoms with Gasteiger partial charge in [0.2, 0.25) is 5.88 Å². The molecule has 0 spiro atoms. The number of hydrogen-bond acceptors (Lipinski definition) is 3. The van der Waals surface area contributed by atoms with Crippen LogP contribution in [0.5, 0.6) is 5.88 Å². The second-order valence-electron chi connectivity index (χ2n) is 4.54. The minimum absolute atomic E-state index is 0.144. The summed E-state index contributed by atoms with van der Waals surface area (Å²) >= 11 is 0. The van der Waals surface area contributed by atoms with Crippen molar-refractivity contribution in [2.24, 2.45) is 5.73 Å². The van der Waals surface area contributed by atoms with Crippen molar-refractivity contribution >= 4 is 0 Å². The molecule has 2 N–H and O–H groups in total. The van der Waals surface area contributed by atoms with Gasteiger partial charge in [0, 0.05) is 18.3 Å². The third kappa shape index (κ3) is 3.30. The van der Waals surface area contributed by atoms with Gasteiger partial charge in [0.25, 0.3) is 0 Å². The quantitative estimate of drug-likeness (QED) is 0.811. The standard InChI is InChI=1S/C14H20N2O/c1-17-14-8-7-11(10-16-14)9-13(15)12-5-3-2-4-6-12/h5,7-8,10,13H,2-4,6,9,15H2,1H3. The Balaban J connectivity index is 1.97. The maximum atomic E-state index is 6.22. The van der Waals surface area contributed by atoms with Gasteiger partial charge in [-0.15, -0.1) is 0 Å². The van der Waals surface area contributed by atoms with E-state index < -0.39 is 0 Å². The van der Waals surface area contributed by atoms with Gasteiger partial charge in [-0.25, -0.2) is 4.98 Å². The molecule has 3 nitrogen and oxygen atoms in total. The van der Waals surface area contributed by atoms with Gasteiger partial charge in [0.1, 0.15) is 0 Å². The molecule has 1 aliphatic carbocycles. The number of hydrogen-bond donors (Lipinski definition) is 1. The van der Waals surface area contributed by atoms with Crippen molar-refractivity contribution in [1.29, 1.82) is 0 Å². The van der Waals surface area contributed by atoms with Crippen LogP contribution in [0.2, 0.25) is 0 Å². The molecule has 1 aliphatic rings. The van der Waals surface area contributed by atoms with Gasteiger partial charge in [-0.3, -0.25) is 0 Å². The van der Waals surface area contributed by atoms with Crippen LogP contribution < -0.4 is 10.5 Å². The zero-order valence-corrected chi connectivity index (χ0v) is 10.4. The molecule has 0 bridgehead atoms. The average molecular weight is 232 g/mol.